The summed E-state index contributed by atoms with van der Waals surface area (Å²) in [5.74, 6) is 0.834. The lowest BCUT2D eigenvalue weighted by Gasteiger charge is -2.32. The van der Waals surface area contributed by atoms with E-state index in [0.717, 1.165) is 28.2 Å². The molecule has 1 unspecified atom stereocenters. The SMILES string of the molecule is CC1(c2ccccc2)N=C(c2ccccc2)C=C(c2ccccc2)O1. The average Bonchev–Trinajstić information content (AvgIpc) is 2.70. The Morgan fingerprint density at radius 3 is 1.80 bits per heavy atom. The topological polar surface area (TPSA) is 21.6 Å². The Bertz CT molecular complexity index is 914. The number of hydrogen-bond donors (Lipinski definition) is 0. The van der Waals surface area contributed by atoms with Crippen molar-refractivity contribution in [3.05, 3.63) is 114 Å². The van der Waals surface area contributed by atoms with Crippen LogP contribution in [0.5, 0.6) is 0 Å². The lowest BCUT2D eigenvalue weighted by Crippen LogP contribution is -2.28. The number of benzene rings is 3. The van der Waals surface area contributed by atoms with Crippen LogP contribution in [0, 0.1) is 0 Å². The van der Waals surface area contributed by atoms with Gasteiger partial charge in [0.1, 0.15) is 5.76 Å². The Morgan fingerprint density at radius 1 is 0.680 bits per heavy atom. The van der Waals surface area contributed by atoms with Gasteiger partial charge >= 0.3 is 0 Å². The molecule has 0 aliphatic carbocycles. The first-order valence-electron chi connectivity index (χ1n) is 8.41. The van der Waals surface area contributed by atoms with E-state index in [1.807, 2.05) is 67.6 Å². The van der Waals surface area contributed by atoms with Crippen molar-refractivity contribution in [1.82, 2.24) is 0 Å². The first-order valence-corrected chi connectivity index (χ1v) is 8.41. The highest BCUT2D eigenvalue weighted by Gasteiger charge is 2.33. The van der Waals surface area contributed by atoms with E-state index in [2.05, 4.69) is 36.4 Å². The van der Waals surface area contributed by atoms with E-state index >= 15 is 0 Å². The monoisotopic (exact) mass is 325 g/mol. The lowest BCUT2D eigenvalue weighted by atomic mass is 10.00. The highest BCUT2D eigenvalue weighted by Crippen LogP contribution is 2.37. The summed E-state index contributed by atoms with van der Waals surface area (Å²) in [4.78, 5) is 4.95. The molecule has 122 valence electrons. The average molecular weight is 325 g/mol. The Morgan fingerprint density at radius 2 is 1.20 bits per heavy atom. The van der Waals surface area contributed by atoms with Crippen LogP contribution in [0.15, 0.2) is 102 Å². The highest BCUT2D eigenvalue weighted by atomic mass is 16.5. The summed E-state index contributed by atoms with van der Waals surface area (Å²) >= 11 is 0. The standard InChI is InChI=1S/C23H19NO/c1-23(20-15-9-4-10-16-20)24-21(18-11-5-2-6-12-18)17-22(25-23)19-13-7-3-8-14-19/h2-17H,1H3. The molecule has 1 atom stereocenters. The summed E-state index contributed by atoms with van der Waals surface area (Å²) in [5.41, 5.74) is 3.34. The summed E-state index contributed by atoms with van der Waals surface area (Å²) in [6.07, 6.45) is 2.02. The molecule has 1 aliphatic heterocycles. The van der Waals surface area contributed by atoms with Crippen molar-refractivity contribution >= 4 is 11.5 Å². The van der Waals surface area contributed by atoms with Crippen molar-refractivity contribution in [1.29, 1.82) is 0 Å². The van der Waals surface area contributed by atoms with E-state index in [1.165, 1.54) is 0 Å². The molecule has 0 bridgehead atoms. The van der Waals surface area contributed by atoms with Crippen LogP contribution in [0.25, 0.3) is 5.76 Å². The van der Waals surface area contributed by atoms with E-state index in [4.69, 9.17) is 9.73 Å². The molecular weight excluding hydrogens is 306 g/mol. The molecule has 0 amide bonds. The fourth-order valence-corrected chi connectivity index (χ4v) is 3.03. The summed E-state index contributed by atoms with van der Waals surface area (Å²) < 4.78 is 6.37. The molecule has 2 heteroatoms. The normalized spacial score (nSPS) is 19.6. The van der Waals surface area contributed by atoms with Gasteiger partial charge in [-0.15, -0.1) is 0 Å². The zero-order chi connectivity index (χ0) is 17.1. The van der Waals surface area contributed by atoms with Crippen molar-refractivity contribution < 1.29 is 4.74 Å². The van der Waals surface area contributed by atoms with Gasteiger partial charge in [0.25, 0.3) is 0 Å². The number of allylic oxidation sites excluding steroid dienone is 1. The molecule has 4 rings (SSSR count). The van der Waals surface area contributed by atoms with Gasteiger partial charge in [-0.3, -0.25) is 0 Å². The second-order valence-electron chi connectivity index (χ2n) is 6.19. The van der Waals surface area contributed by atoms with E-state index in [1.54, 1.807) is 0 Å². The molecule has 1 heterocycles. The predicted octanol–water partition coefficient (Wildman–Crippen LogP) is 5.42. The zero-order valence-electron chi connectivity index (χ0n) is 14.1. The quantitative estimate of drug-likeness (QED) is 0.630. The maximum absolute atomic E-state index is 6.37. The summed E-state index contributed by atoms with van der Waals surface area (Å²) in [7, 11) is 0. The van der Waals surface area contributed by atoms with Gasteiger partial charge in [0.2, 0.25) is 5.72 Å². The second kappa shape index (κ2) is 6.40. The molecule has 0 aromatic heterocycles. The zero-order valence-corrected chi connectivity index (χ0v) is 14.1. The molecule has 0 saturated heterocycles. The maximum atomic E-state index is 6.37. The molecule has 0 saturated carbocycles. The number of aliphatic imine (C=N–C) groups is 1. The third-order valence-corrected chi connectivity index (χ3v) is 4.35. The molecule has 0 N–H and O–H groups in total. The molecule has 3 aromatic carbocycles. The van der Waals surface area contributed by atoms with Crippen molar-refractivity contribution in [2.45, 2.75) is 12.6 Å². The van der Waals surface area contributed by atoms with Gasteiger partial charge in [-0.2, -0.15) is 0 Å². The van der Waals surface area contributed by atoms with Gasteiger partial charge in [0, 0.05) is 24.1 Å². The van der Waals surface area contributed by atoms with Crippen LogP contribution in [-0.2, 0) is 10.5 Å². The summed E-state index contributed by atoms with van der Waals surface area (Å²) in [6, 6.07) is 30.6. The Hall–Kier alpha value is -3.13. The van der Waals surface area contributed by atoms with Crippen LogP contribution in [0.3, 0.4) is 0 Å². The van der Waals surface area contributed by atoms with Crippen LogP contribution >= 0.6 is 0 Å². The lowest BCUT2D eigenvalue weighted by molar-refractivity contribution is 0.0620. The van der Waals surface area contributed by atoms with Gasteiger partial charge < -0.3 is 4.74 Å². The molecule has 0 radical (unpaired) electrons. The predicted molar refractivity (Wildman–Crippen MR) is 102 cm³/mol. The van der Waals surface area contributed by atoms with Crippen molar-refractivity contribution in [2.75, 3.05) is 0 Å². The number of nitrogens with zero attached hydrogens (tertiary/aromatic N) is 1. The molecule has 0 spiro atoms. The molecule has 25 heavy (non-hydrogen) atoms. The third kappa shape index (κ3) is 3.11. The number of rotatable bonds is 3. The minimum atomic E-state index is -0.758. The van der Waals surface area contributed by atoms with Gasteiger partial charge in [0.05, 0.1) is 5.71 Å². The van der Waals surface area contributed by atoms with Crippen molar-refractivity contribution in [3.63, 3.8) is 0 Å². The summed E-state index contributed by atoms with van der Waals surface area (Å²) in [6.45, 7) is 2.02. The van der Waals surface area contributed by atoms with Crippen molar-refractivity contribution in [3.8, 4) is 0 Å². The van der Waals surface area contributed by atoms with Crippen LogP contribution < -0.4 is 0 Å². The molecule has 0 fully saturated rings. The van der Waals surface area contributed by atoms with Crippen LogP contribution in [-0.4, -0.2) is 5.71 Å². The Kier molecular flexibility index (Phi) is 3.95. The minimum absolute atomic E-state index is 0.758. The van der Waals surface area contributed by atoms with Gasteiger partial charge in [0.15, 0.2) is 0 Å². The van der Waals surface area contributed by atoms with Gasteiger partial charge in [-0.1, -0.05) is 91.0 Å². The molecular formula is C23H19NO. The summed E-state index contributed by atoms with van der Waals surface area (Å²) in [5, 5.41) is 0. The van der Waals surface area contributed by atoms with Crippen LogP contribution in [0.4, 0.5) is 0 Å². The van der Waals surface area contributed by atoms with Crippen LogP contribution in [0.1, 0.15) is 23.6 Å². The van der Waals surface area contributed by atoms with Crippen molar-refractivity contribution in [2.24, 2.45) is 4.99 Å². The van der Waals surface area contributed by atoms with E-state index in [0.29, 0.717) is 0 Å². The first kappa shape index (κ1) is 15.4. The minimum Gasteiger partial charge on any atom is -0.462 e. The Balaban J connectivity index is 1.85. The second-order valence-corrected chi connectivity index (χ2v) is 6.19. The first-order chi connectivity index (χ1) is 12.2. The van der Waals surface area contributed by atoms with Gasteiger partial charge in [-0.25, -0.2) is 4.99 Å². The fourth-order valence-electron chi connectivity index (χ4n) is 3.03. The highest BCUT2D eigenvalue weighted by molar-refractivity contribution is 6.12. The maximum Gasteiger partial charge on any atom is 0.224 e. The number of hydrogen-bond acceptors (Lipinski definition) is 2. The fraction of sp³-hybridized carbons (Fsp3) is 0.0870. The Labute approximate surface area is 148 Å². The van der Waals surface area contributed by atoms with E-state index < -0.39 is 5.72 Å². The largest absolute Gasteiger partial charge is 0.462 e. The molecule has 1 aliphatic rings. The third-order valence-electron chi connectivity index (χ3n) is 4.35. The van der Waals surface area contributed by atoms with E-state index in [9.17, 15) is 0 Å². The molecule has 3 aromatic rings. The number of ether oxygens (including phenoxy) is 1. The van der Waals surface area contributed by atoms with E-state index in [-0.39, 0.29) is 0 Å². The smallest absolute Gasteiger partial charge is 0.224 e. The van der Waals surface area contributed by atoms with Crippen LogP contribution in [0.2, 0.25) is 0 Å². The molecule has 2 nitrogen and oxygen atoms in total. The van der Waals surface area contributed by atoms with Gasteiger partial charge in [-0.05, 0) is 5.56 Å².